The summed E-state index contributed by atoms with van der Waals surface area (Å²) in [5.74, 6) is -2.32. The van der Waals surface area contributed by atoms with E-state index in [1.54, 1.807) is 38.1 Å². The second-order valence-corrected chi connectivity index (χ2v) is 5.46. The van der Waals surface area contributed by atoms with Crippen LogP contribution in [0.5, 0.6) is 0 Å². The number of anilines is 1. The van der Waals surface area contributed by atoms with Gasteiger partial charge in [0.25, 0.3) is 0 Å². The first-order chi connectivity index (χ1) is 8.87. The lowest BCUT2D eigenvalue weighted by Crippen LogP contribution is -2.17. The van der Waals surface area contributed by atoms with Gasteiger partial charge in [-0.3, -0.25) is 9.59 Å². The Balaban J connectivity index is 2.04. The summed E-state index contributed by atoms with van der Waals surface area (Å²) in [5.41, 5.74) is 0.864. The minimum absolute atomic E-state index is 0.0506. The zero-order chi connectivity index (χ0) is 14.2. The van der Waals surface area contributed by atoms with Gasteiger partial charge in [-0.2, -0.15) is 0 Å². The Morgan fingerprint density at radius 1 is 1.21 bits per heavy atom. The van der Waals surface area contributed by atoms with Gasteiger partial charge in [-0.25, -0.2) is 0 Å². The van der Waals surface area contributed by atoms with Crippen LogP contribution in [0.1, 0.15) is 19.4 Å². The van der Waals surface area contributed by atoms with Gasteiger partial charge >= 0.3 is 5.97 Å². The molecule has 5 heteroatoms. The number of carbonyl (C=O) groups is 2. The number of carboxylic acid groups (broad SMARTS) is 1. The summed E-state index contributed by atoms with van der Waals surface area (Å²) < 4.78 is 0. The number of carbonyl (C=O) groups excluding carboxylic acids is 1. The van der Waals surface area contributed by atoms with Crippen LogP contribution in [0, 0.1) is 17.3 Å². The molecule has 0 radical (unpaired) electrons. The summed E-state index contributed by atoms with van der Waals surface area (Å²) in [6.45, 7) is 3.51. The van der Waals surface area contributed by atoms with Crippen molar-refractivity contribution in [3.8, 4) is 0 Å². The quantitative estimate of drug-likeness (QED) is 0.767. The zero-order valence-corrected chi connectivity index (χ0v) is 10.9. The molecule has 1 aromatic carbocycles. The predicted molar refractivity (Wildman–Crippen MR) is 69.4 cm³/mol. The fourth-order valence-corrected chi connectivity index (χ4v) is 2.50. The molecule has 2 atom stereocenters. The average Bonchev–Trinajstić information content (AvgIpc) is 2.93. The molecule has 3 N–H and O–H groups in total. The number of rotatable bonds is 4. The number of nitrogens with one attached hydrogen (secondary N) is 1. The molecule has 2 rings (SSSR count). The zero-order valence-electron chi connectivity index (χ0n) is 10.9. The maximum absolute atomic E-state index is 12.0. The van der Waals surface area contributed by atoms with Crippen LogP contribution < -0.4 is 5.32 Å². The first-order valence-electron chi connectivity index (χ1n) is 6.11. The fraction of sp³-hybridized carbons (Fsp3) is 0.429. The molecule has 0 heterocycles. The van der Waals surface area contributed by atoms with Crippen molar-refractivity contribution in [3.63, 3.8) is 0 Å². The van der Waals surface area contributed by atoms with Gasteiger partial charge in [0.1, 0.15) is 0 Å². The normalized spacial score (nSPS) is 23.7. The highest BCUT2D eigenvalue weighted by molar-refractivity contribution is 5.99. The molecule has 1 aliphatic rings. The third kappa shape index (κ3) is 2.46. The standard InChI is InChI=1S/C14H17NO4/c1-14(2)10(11(14)13(18)19)12(17)15-9-5-3-8(7-16)4-6-9/h3-6,10-11,16H,7H2,1-2H3,(H,15,17)(H,18,19)/t10-,11+/m1/s1. The lowest BCUT2D eigenvalue weighted by atomic mass is 10.1. The Morgan fingerprint density at radius 3 is 2.21 bits per heavy atom. The molecule has 0 aliphatic heterocycles. The second-order valence-electron chi connectivity index (χ2n) is 5.46. The van der Waals surface area contributed by atoms with E-state index in [4.69, 9.17) is 10.2 Å². The maximum Gasteiger partial charge on any atom is 0.307 e. The minimum atomic E-state index is -0.930. The molecule has 1 amide bonds. The molecule has 0 saturated heterocycles. The SMILES string of the molecule is CC1(C)[C@H](C(=O)O)[C@@H]1C(=O)Nc1ccc(CO)cc1. The van der Waals surface area contributed by atoms with E-state index < -0.39 is 23.2 Å². The topological polar surface area (TPSA) is 86.6 Å². The molecule has 5 nitrogen and oxygen atoms in total. The van der Waals surface area contributed by atoms with Gasteiger partial charge in [0.2, 0.25) is 5.91 Å². The van der Waals surface area contributed by atoms with Crippen molar-refractivity contribution in [2.45, 2.75) is 20.5 Å². The van der Waals surface area contributed by atoms with Crippen molar-refractivity contribution in [1.82, 2.24) is 0 Å². The van der Waals surface area contributed by atoms with Crippen molar-refractivity contribution >= 4 is 17.6 Å². The van der Waals surface area contributed by atoms with E-state index in [2.05, 4.69) is 5.32 Å². The number of aliphatic carboxylic acids is 1. The molecular weight excluding hydrogens is 246 g/mol. The van der Waals surface area contributed by atoms with Gasteiger partial charge in [-0.1, -0.05) is 26.0 Å². The maximum atomic E-state index is 12.0. The van der Waals surface area contributed by atoms with E-state index in [0.717, 1.165) is 5.56 Å². The summed E-state index contributed by atoms with van der Waals surface area (Å²) in [5, 5.41) is 20.7. The van der Waals surface area contributed by atoms with Gasteiger partial charge in [0, 0.05) is 5.69 Å². The molecule has 0 unspecified atom stereocenters. The summed E-state index contributed by atoms with van der Waals surface area (Å²) >= 11 is 0. The van der Waals surface area contributed by atoms with Crippen LogP contribution in [0.4, 0.5) is 5.69 Å². The lowest BCUT2D eigenvalue weighted by Gasteiger charge is -2.06. The van der Waals surface area contributed by atoms with Gasteiger partial charge in [-0.05, 0) is 23.1 Å². The predicted octanol–water partition coefficient (Wildman–Crippen LogP) is 1.47. The number of aliphatic hydroxyl groups is 1. The van der Waals surface area contributed by atoms with Crippen molar-refractivity contribution in [2.75, 3.05) is 5.32 Å². The van der Waals surface area contributed by atoms with E-state index in [9.17, 15) is 9.59 Å². The lowest BCUT2D eigenvalue weighted by molar-refractivity contribution is -0.140. The molecule has 1 fully saturated rings. The monoisotopic (exact) mass is 263 g/mol. The minimum Gasteiger partial charge on any atom is -0.481 e. The van der Waals surface area contributed by atoms with Crippen LogP contribution in [0.25, 0.3) is 0 Å². The highest BCUT2D eigenvalue weighted by Gasteiger charge is 2.65. The van der Waals surface area contributed by atoms with E-state index in [0.29, 0.717) is 5.69 Å². The summed E-state index contributed by atoms with van der Waals surface area (Å²) in [4.78, 5) is 23.1. The van der Waals surface area contributed by atoms with Gasteiger partial charge in [-0.15, -0.1) is 0 Å². The second kappa shape index (κ2) is 4.66. The van der Waals surface area contributed by atoms with Crippen LogP contribution in [-0.4, -0.2) is 22.1 Å². The number of hydrogen-bond donors (Lipinski definition) is 3. The first-order valence-corrected chi connectivity index (χ1v) is 6.11. The molecule has 1 aliphatic carbocycles. The van der Waals surface area contributed by atoms with E-state index in [-0.39, 0.29) is 12.5 Å². The van der Waals surface area contributed by atoms with Crippen LogP contribution >= 0.6 is 0 Å². The number of amides is 1. The third-order valence-electron chi connectivity index (χ3n) is 3.78. The van der Waals surface area contributed by atoms with Gasteiger partial charge in [0.05, 0.1) is 18.4 Å². The average molecular weight is 263 g/mol. The van der Waals surface area contributed by atoms with Crippen molar-refractivity contribution in [3.05, 3.63) is 29.8 Å². The molecular formula is C14H17NO4. The van der Waals surface area contributed by atoms with E-state index in [1.807, 2.05) is 0 Å². The smallest absolute Gasteiger partial charge is 0.307 e. The van der Waals surface area contributed by atoms with Crippen molar-refractivity contribution in [2.24, 2.45) is 17.3 Å². The number of carboxylic acids is 1. The number of aliphatic hydroxyl groups excluding tert-OH is 1. The van der Waals surface area contributed by atoms with Crippen molar-refractivity contribution < 1.29 is 19.8 Å². The summed E-state index contributed by atoms with van der Waals surface area (Å²) in [7, 11) is 0. The first kappa shape index (κ1) is 13.5. The molecule has 1 aromatic rings. The number of hydrogen-bond acceptors (Lipinski definition) is 3. The van der Waals surface area contributed by atoms with E-state index in [1.165, 1.54) is 0 Å². The summed E-state index contributed by atoms with van der Waals surface area (Å²) in [6.07, 6.45) is 0. The number of benzene rings is 1. The Kier molecular flexibility index (Phi) is 3.32. The van der Waals surface area contributed by atoms with E-state index >= 15 is 0 Å². The Morgan fingerprint density at radius 2 is 1.79 bits per heavy atom. The van der Waals surface area contributed by atoms with Gasteiger partial charge in [0.15, 0.2) is 0 Å². The molecule has 0 aromatic heterocycles. The molecule has 102 valence electrons. The Hall–Kier alpha value is -1.88. The highest BCUT2D eigenvalue weighted by atomic mass is 16.4. The molecule has 0 spiro atoms. The van der Waals surface area contributed by atoms with Crippen LogP contribution in [-0.2, 0) is 16.2 Å². The third-order valence-corrected chi connectivity index (χ3v) is 3.78. The van der Waals surface area contributed by atoms with Crippen molar-refractivity contribution in [1.29, 1.82) is 0 Å². The summed E-state index contributed by atoms with van der Waals surface area (Å²) in [6, 6.07) is 6.80. The Bertz CT molecular complexity index is 507. The van der Waals surface area contributed by atoms with Gasteiger partial charge < -0.3 is 15.5 Å². The highest BCUT2D eigenvalue weighted by Crippen LogP contribution is 2.58. The van der Waals surface area contributed by atoms with Crippen LogP contribution in [0.3, 0.4) is 0 Å². The fourth-order valence-electron chi connectivity index (χ4n) is 2.50. The molecule has 1 saturated carbocycles. The van der Waals surface area contributed by atoms with Crippen LogP contribution in [0.15, 0.2) is 24.3 Å². The molecule has 0 bridgehead atoms. The Labute approximate surface area is 111 Å². The van der Waals surface area contributed by atoms with Crippen LogP contribution in [0.2, 0.25) is 0 Å². The molecule has 19 heavy (non-hydrogen) atoms. The largest absolute Gasteiger partial charge is 0.481 e.